The van der Waals surface area contributed by atoms with Crippen LogP contribution in [-0.2, 0) is 13.0 Å². The number of nitrogens with one attached hydrogen (secondary N) is 2. The van der Waals surface area contributed by atoms with Crippen molar-refractivity contribution in [3.63, 3.8) is 0 Å². The second kappa shape index (κ2) is 19.7. The molecule has 14 heteroatoms. The van der Waals surface area contributed by atoms with Crippen LogP contribution in [0.15, 0.2) is 140 Å². The fourth-order valence-corrected chi connectivity index (χ4v) is 7.96. The van der Waals surface area contributed by atoms with Crippen LogP contribution in [0.2, 0.25) is 0 Å². The lowest BCUT2D eigenvalue weighted by molar-refractivity contribution is 0.0682. The SMILES string of the molecule is Cc1ccc(NC(=O)c2ccc(CN3CCN(C)CC3)cc2)cc1Nc1nccc(-c2cccnc2)n1.O=C(O)c1cc2ccccc2c(Cc2c(O)c(C(=O)O)cc3ccccc23)c1O. The zero-order valence-electron chi connectivity index (χ0n) is 36.3. The Bertz CT molecular complexity index is 2980. The van der Waals surface area contributed by atoms with E-state index in [1.807, 2.05) is 67.6 Å². The van der Waals surface area contributed by atoms with Gasteiger partial charge in [0.25, 0.3) is 5.91 Å². The monoisotopic (exact) mass is 881 g/mol. The average molecular weight is 882 g/mol. The number of aromatic carboxylic acids is 2. The summed E-state index contributed by atoms with van der Waals surface area (Å²) < 4.78 is 0. The molecular formula is C52H47N7O7. The Morgan fingerprint density at radius 2 is 1.32 bits per heavy atom. The van der Waals surface area contributed by atoms with E-state index in [2.05, 4.69) is 42.4 Å². The highest BCUT2D eigenvalue weighted by molar-refractivity contribution is 6.05. The molecule has 9 rings (SSSR count). The molecule has 1 amide bonds. The third-order valence-corrected chi connectivity index (χ3v) is 11.6. The number of phenols is 2. The molecule has 2 aromatic heterocycles. The summed E-state index contributed by atoms with van der Waals surface area (Å²) in [7, 11) is 2.16. The van der Waals surface area contributed by atoms with Gasteiger partial charge in [0.05, 0.1) is 5.69 Å². The topological polar surface area (TPSA) is 201 Å². The number of fused-ring (bicyclic) bond motifs is 2. The molecule has 0 bridgehead atoms. The van der Waals surface area contributed by atoms with Crippen molar-refractivity contribution < 1.29 is 34.8 Å². The van der Waals surface area contributed by atoms with E-state index in [4.69, 9.17) is 0 Å². The zero-order valence-corrected chi connectivity index (χ0v) is 36.3. The lowest BCUT2D eigenvalue weighted by Crippen LogP contribution is -2.43. The Kier molecular flexibility index (Phi) is 13.2. The molecule has 0 radical (unpaired) electrons. The van der Waals surface area contributed by atoms with Crippen molar-refractivity contribution in [3.05, 3.63) is 179 Å². The van der Waals surface area contributed by atoms with Gasteiger partial charge in [0.15, 0.2) is 0 Å². The maximum Gasteiger partial charge on any atom is 0.339 e. The molecule has 6 N–H and O–H groups in total. The van der Waals surface area contributed by atoms with Crippen LogP contribution in [0.1, 0.15) is 53.3 Å². The van der Waals surface area contributed by atoms with Gasteiger partial charge in [-0.15, -0.1) is 0 Å². The number of pyridine rings is 1. The van der Waals surface area contributed by atoms with Gasteiger partial charge >= 0.3 is 11.9 Å². The van der Waals surface area contributed by atoms with Crippen molar-refractivity contribution in [1.29, 1.82) is 0 Å². The first-order valence-corrected chi connectivity index (χ1v) is 21.3. The van der Waals surface area contributed by atoms with Crippen LogP contribution in [0.4, 0.5) is 17.3 Å². The molecule has 1 aliphatic rings. The number of carbonyl (C=O) groups excluding carboxylic acids is 1. The summed E-state index contributed by atoms with van der Waals surface area (Å²) in [6, 6.07) is 36.1. The van der Waals surface area contributed by atoms with E-state index in [9.17, 15) is 34.8 Å². The predicted molar refractivity (Wildman–Crippen MR) is 255 cm³/mol. The molecule has 0 spiro atoms. The fraction of sp³-hybridized carbons (Fsp3) is 0.154. The van der Waals surface area contributed by atoms with E-state index in [-0.39, 0.29) is 23.5 Å². The van der Waals surface area contributed by atoms with Gasteiger partial charge in [-0.1, -0.05) is 66.7 Å². The van der Waals surface area contributed by atoms with Gasteiger partial charge in [-0.25, -0.2) is 19.6 Å². The lowest BCUT2D eigenvalue weighted by Gasteiger charge is -2.32. The summed E-state index contributed by atoms with van der Waals surface area (Å²) in [6.07, 6.45) is 5.18. The molecule has 6 aromatic carbocycles. The number of piperazine rings is 1. The number of aromatic hydroxyl groups is 2. The number of aryl methyl sites for hydroxylation is 1. The van der Waals surface area contributed by atoms with E-state index in [0.29, 0.717) is 49.9 Å². The standard InChI is InChI=1S/C29H31N7O.C23H16O6/c1-21-5-10-25(18-27(21)34-29-31-13-11-26(33-29)24-4-3-12-30-19-24)32-28(37)23-8-6-22(7-9-23)20-36-16-14-35(2)15-17-36;24-20-16(14-7-3-1-5-12(14)9-18(20)22(26)27)11-17-15-8-4-2-6-13(15)10-19(21(17)25)23(28)29/h3-13,18-19H,14-17,20H2,1-2H3,(H,32,37)(H,31,33,34);1-10,24-25H,11H2,(H,26,27)(H,28,29). The van der Waals surface area contributed by atoms with Crippen molar-refractivity contribution in [2.75, 3.05) is 43.9 Å². The van der Waals surface area contributed by atoms with Crippen LogP contribution in [0.25, 0.3) is 32.8 Å². The highest BCUT2D eigenvalue weighted by Crippen LogP contribution is 2.39. The van der Waals surface area contributed by atoms with Gasteiger partial charge in [-0.05, 0) is 101 Å². The number of nitrogens with zero attached hydrogens (tertiary/aromatic N) is 5. The molecule has 0 atom stereocenters. The molecule has 1 saturated heterocycles. The van der Waals surface area contributed by atoms with Crippen LogP contribution < -0.4 is 10.6 Å². The van der Waals surface area contributed by atoms with E-state index in [1.54, 1.807) is 67.1 Å². The van der Waals surface area contributed by atoms with Crippen LogP contribution in [0.3, 0.4) is 0 Å². The second-order valence-corrected chi connectivity index (χ2v) is 16.1. The van der Waals surface area contributed by atoms with E-state index >= 15 is 0 Å². The number of carboxylic acids is 2. The largest absolute Gasteiger partial charge is 0.507 e. The Labute approximate surface area is 380 Å². The van der Waals surface area contributed by atoms with Gasteiger partial charge in [-0.3, -0.25) is 14.7 Å². The summed E-state index contributed by atoms with van der Waals surface area (Å²) >= 11 is 0. The Morgan fingerprint density at radius 1 is 0.697 bits per heavy atom. The molecule has 1 fully saturated rings. The Balaban J connectivity index is 0.000000185. The van der Waals surface area contributed by atoms with Crippen LogP contribution in [0.5, 0.6) is 11.5 Å². The minimum atomic E-state index is -1.28. The van der Waals surface area contributed by atoms with Gasteiger partial charge in [0.2, 0.25) is 5.95 Å². The first-order valence-electron chi connectivity index (χ1n) is 21.3. The molecule has 0 aliphatic carbocycles. The van der Waals surface area contributed by atoms with Gasteiger partial charge < -0.3 is 36.0 Å². The zero-order chi connectivity index (χ0) is 46.3. The number of anilines is 3. The summed E-state index contributed by atoms with van der Waals surface area (Å²) in [5.41, 5.74) is 6.19. The van der Waals surface area contributed by atoms with Crippen molar-refractivity contribution >= 4 is 56.7 Å². The molecule has 14 nitrogen and oxygen atoms in total. The van der Waals surface area contributed by atoms with Gasteiger partial charge in [-0.2, -0.15) is 0 Å². The van der Waals surface area contributed by atoms with E-state index in [1.165, 1.54) is 17.7 Å². The van der Waals surface area contributed by atoms with Crippen molar-refractivity contribution in [3.8, 4) is 22.8 Å². The molecule has 332 valence electrons. The first kappa shape index (κ1) is 44.4. The number of benzene rings is 6. The number of hydrogen-bond donors (Lipinski definition) is 6. The van der Waals surface area contributed by atoms with E-state index < -0.39 is 23.4 Å². The van der Waals surface area contributed by atoms with Crippen LogP contribution in [0, 0.1) is 6.92 Å². The molecule has 0 unspecified atom stereocenters. The number of aromatic nitrogens is 3. The molecular weight excluding hydrogens is 835 g/mol. The maximum atomic E-state index is 12.9. The highest BCUT2D eigenvalue weighted by atomic mass is 16.4. The first-order chi connectivity index (χ1) is 31.9. The van der Waals surface area contributed by atoms with Gasteiger partial charge in [0.1, 0.15) is 22.6 Å². The number of rotatable bonds is 11. The number of likely N-dealkylation sites (N-methyl/N-ethyl adjacent to an activating group) is 1. The molecule has 1 aliphatic heterocycles. The Morgan fingerprint density at radius 3 is 1.91 bits per heavy atom. The predicted octanol–water partition coefficient (Wildman–Crippen LogP) is 8.98. The molecule has 8 aromatic rings. The average Bonchev–Trinajstić information content (AvgIpc) is 3.33. The minimum absolute atomic E-state index is 0.0407. The molecule has 0 saturated carbocycles. The minimum Gasteiger partial charge on any atom is -0.507 e. The summed E-state index contributed by atoms with van der Waals surface area (Å²) in [5, 5.41) is 49.1. The number of carbonyl (C=O) groups is 3. The highest BCUT2D eigenvalue weighted by Gasteiger charge is 2.23. The smallest absolute Gasteiger partial charge is 0.339 e. The quantitative estimate of drug-likeness (QED) is 0.0720. The van der Waals surface area contributed by atoms with Crippen molar-refractivity contribution in [2.24, 2.45) is 0 Å². The normalized spacial score (nSPS) is 12.9. The summed E-state index contributed by atoms with van der Waals surface area (Å²) in [5.74, 6) is -3.02. The summed E-state index contributed by atoms with van der Waals surface area (Å²) in [4.78, 5) is 54.1. The molecule has 3 heterocycles. The van der Waals surface area contributed by atoms with Crippen LogP contribution >= 0.6 is 0 Å². The molecule has 66 heavy (non-hydrogen) atoms. The third-order valence-electron chi connectivity index (χ3n) is 11.6. The summed E-state index contributed by atoms with van der Waals surface area (Å²) in [6.45, 7) is 7.24. The van der Waals surface area contributed by atoms with Crippen molar-refractivity contribution in [1.82, 2.24) is 24.8 Å². The number of amides is 1. The van der Waals surface area contributed by atoms with Crippen LogP contribution in [-0.4, -0.2) is 96.3 Å². The van der Waals surface area contributed by atoms with Gasteiger partial charge in [0, 0.05) is 91.4 Å². The lowest BCUT2D eigenvalue weighted by atomic mass is 9.90. The van der Waals surface area contributed by atoms with Crippen molar-refractivity contribution in [2.45, 2.75) is 19.9 Å². The Hall–Kier alpha value is -8.20. The van der Waals surface area contributed by atoms with E-state index in [0.717, 1.165) is 55.2 Å². The third kappa shape index (κ3) is 10.1. The maximum absolute atomic E-state index is 12.9. The second-order valence-electron chi connectivity index (χ2n) is 16.1. The number of hydrogen-bond acceptors (Lipinski definition) is 11. The number of carboxylic acid groups (broad SMARTS) is 2. The fourth-order valence-electron chi connectivity index (χ4n) is 7.96.